The predicted octanol–water partition coefficient (Wildman–Crippen LogP) is 1.26. The molecule has 0 aromatic carbocycles. The summed E-state index contributed by atoms with van der Waals surface area (Å²) in [4.78, 5) is 0. The first-order valence-electron chi connectivity index (χ1n) is 3.20. The monoisotopic (exact) mass is 162 g/mol. The van der Waals surface area contributed by atoms with Crippen LogP contribution in [0.25, 0.3) is 0 Å². The third kappa shape index (κ3) is 3.61. The molecule has 0 amide bonds. The van der Waals surface area contributed by atoms with Crippen molar-refractivity contribution in [2.24, 2.45) is 10.9 Å². The lowest BCUT2D eigenvalue weighted by molar-refractivity contribution is 0.317. The number of amidine groups is 1. The quantitative estimate of drug-likeness (QED) is 0.284. The van der Waals surface area contributed by atoms with E-state index in [4.69, 9.17) is 10.9 Å². The molecular weight excluding hydrogens is 148 g/mol. The van der Waals surface area contributed by atoms with Crippen LogP contribution in [0.5, 0.6) is 0 Å². The summed E-state index contributed by atoms with van der Waals surface area (Å²) in [6.07, 6.45) is 0. The zero-order valence-corrected chi connectivity index (χ0v) is 7.35. The Kier molecular flexibility index (Phi) is 4.27. The number of oxime groups is 1. The highest BCUT2D eigenvalue weighted by atomic mass is 32.2. The van der Waals surface area contributed by atoms with E-state index >= 15 is 0 Å². The van der Waals surface area contributed by atoms with Crippen LogP contribution >= 0.6 is 11.8 Å². The highest BCUT2D eigenvalue weighted by molar-refractivity contribution is 8.01. The number of hydrogen-bond acceptors (Lipinski definition) is 3. The molecule has 10 heavy (non-hydrogen) atoms. The van der Waals surface area contributed by atoms with E-state index in [1.807, 2.05) is 6.92 Å². The Balaban J connectivity index is 3.73. The highest BCUT2D eigenvalue weighted by Gasteiger charge is 2.08. The summed E-state index contributed by atoms with van der Waals surface area (Å²) in [7, 11) is 0. The lowest BCUT2D eigenvalue weighted by atomic mass is 10.4. The number of rotatable bonds is 3. The van der Waals surface area contributed by atoms with Crippen LogP contribution in [-0.2, 0) is 0 Å². The second-order valence-electron chi connectivity index (χ2n) is 2.35. The van der Waals surface area contributed by atoms with Crippen LogP contribution in [0, 0.1) is 0 Å². The fourth-order valence-electron chi connectivity index (χ4n) is 0.559. The van der Waals surface area contributed by atoms with Gasteiger partial charge >= 0.3 is 0 Å². The van der Waals surface area contributed by atoms with Crippen LogP contribution in [0.3, 0.4) is 0 Å². The van der Waals surface area contributed by atoms with E-state index in [0.29, 0.717) is 11.1 Å². The number of hydrogen-bond donors (Lipinski definition) is 2. The van der Waals surface area contributed by atoms with Gasteiger partial charge in [0.15, 0.2) is 5.84 Å². The van der Waals surface area contributed by atoms with Gasteiger partial charge in [-0.1, -0.05) is 19.0 Å². The van der Waals surface area contributed by atoms with Gasteiger partial charge in [-0.3, -0.25) is 0 Å². The zero-order valence-electron chi connectivity index (χ0n) is 6.53. The number of thioether (sulfide) groups is 1. The Labute approximate surface area is 65.7 Å². The van der Waals surface area contributed by atoms with Gasteiger partial charge in [0.25, 0.3) is 0 Å². The maximum Gasteiger partial charge on any atom is 0.152 e. The van der Waals surface area contributed by atoms with E-state index < -0.39 is 0 Å². The topological polar surface area (TPSA) is 58.6 Å². The Morgan fingerprint density at radius 1 is 1.50 bits per heavy atom. The minimum Gasteiger partial charge on any atom is -0.409 e. The largest absolute Gasteiger partial charge is 0.409 e. The Morgan fingerprint density at radius 3 is 2.30 bits per heavy atom. The van der Waals surface area contributed by atoms with Crippen LogP contribution in [0.15, 0.2) is 5.16 Å². The minimum absolute atomic E-state index is 0.102. The van der Waals surface area contributed by atoms with Gasteiger partial charge in [-0.15, -0.1) is 11.8 Å². The number of nitrogens with zero attached hydrogens (tertiary/aromatic N) is 1. The smallest absolute Gasteiger partial charge is 0.152 e. The normalized spacial score (nSPS) is 15.8. The van der Waals surface area contributed by atoms with Gasteiger partial charge in [-0.25, -0.2) is 0 Å². The lowest BCUT2D eigenvalue weighted by Gasteiger charge is -2.10. The molecule has 0 aromatic heterocycles. The Bertz CT molecular complexity index is 125. The first-order valence-corrected chi connectivity index (χ1v) is 4.15. The van der Waals surface area contributed by atoms with Crippen molar-refractivity contribution >= 4 is 17.6 Å². The van der Waals surface area contributed by atoms with Gasteiger partial charge in [0, 0.05) is 0 Å². The molecule has 0 heterocycles. The molecule has 0 fully saturated rings. The summed E-state index contributed by atoms with van der Waals surface area (Å²) in [5.41, 5.74) is 5.34. The van der Waals surface area contributed by atoms with Crippen molar-refractivity contribution in [2.75, 3.05) is 0 Å². The van der Waals surface area contributed by atoms with Crippen LogP contribution in [0.4, 0.5) is 0 Å². The number of nitrogens with two attached hydrogens (primary N) is 1. The molecule has 0 aromatic rings. The van der Waals surface area contributed by atoms with Gasteiger partial charge in [0.2, 0.25) is 0 Å². The molecule has 60 valence electrons. The Morgan fingerprint density at radius 2 is 2.00 bits per heavy atom. The van der Waals surface area contributed by atoms with Crippen LogP contribution < -0.4 is 5.73 Å². The van der Waals surface area contributed by atoms with Crippen molar-refractivity contribution in [3.05, 3.63) is 0 Å². The van der Waals surface area contributed by atoms with Crippen LogP contribution in [0.1, 0.15) is 20.8 Å². The molecule has 3 N–H and O–H groups in total. The SMILES string of the molecule is CC(C)SC(C)C(N)=NO. The van der Waals surface area contributed by atoms with Gasteiger partial charge in [-0.05, 0) is 12.2 Å². The second kappa shape index (κ2) is 4.44. The first-order chi connectivity index (χ1) is 4.57. The van der Waals surface area contributed by atoms with Crippen molar-refractivity contribution < 1.29 is 5.21 Å². The summed E-state index contributed by atoms with van der Waals surface area (Å²) >= 11 is 1.67. The van der Waals surface area contributed by atoms with E-state index in [-0.39, 0.29) is 5.25 Å². The fourth-order valence-corrected chi connectivity index (χ4v) is 1.56. The molecule has 0 radical (unpaired) electrons. The van der Waals surface area contributed by atoms with Crippen LogP contribution in [0.2, 0.25) is 0 Å². The molecule has 0 saturated heterocycles. The van der Waals surface area contributed by atoms with Crippen molar-refractivity contribution in [3.8, 4) is 0 Å². The molecule has 0 rings (SSSR count). The predicted molar refractivity (Wildman–Crippen MR) is 45.6 cm³/mol. The fraction of sp³-hybridized carbons (Fsp3) is 0.833. The molecule has 0 saturated carbocycles. The maximum atomic E-state index is 8.27. The van der Waals surface area contributed by atoms with E-state index in [9.17, 15) is 0 Å². The minimum atomic E-state index is 0.102. The molecule has 0 aliphatic carbocycles. The maximum absolute atomic E-state index is 8.27. The standard InChI is InChI=1S/C6H14N2OS/c1-4(2)10-5(3)6(7)8-9/h4-5,9H,1-3H3,(H2,7,8). The van der Waals surface area contributed by atoms with E-state index in [1.54, 1.807) is 11.8 Å². The third-order valence-electron chi connectivity index (χ3n) is 1.01. The van der Waals surface area contributed by atoms with Crippen molar-refractivity contribution in [1.29, 1.82) is 0 Å². The third-order valence-corrected chi connectivity index (χ3v) is 2.20. The van der Waals surface area contributed by atoms with E-state index in [1.165, 1.54) is 0 Å². The average Bonchev–Trinajstić information content (AvgIpc) is 1.85. The van der Waals surface area contributed by atoms with Crippen molar-refractivity contribution in [2.45, 2.75) is 31.3 Å². The molecule has 3 nitrogen and oxygen atoms in total. The lowest BCUT2D eigenvalue weighted by Crippen LogP contribution is -2.24. The molecule has 1 unspecified atom stereocenters. The van der Waals surface area contributed by atoms with E-state index in [2.05, 4.69) is 19.0 Å². The van der Waals surface area contributed by atoms with Crippen molar-refractivity contribution in [1.82, 2.24) is 0 Å². The highest BCUT2D eigenvalue weighted by Crippen LogP contribution is 2.16. The molecule has 0 aliphatic heterocycles. The van der Waals surface area contributed by atoms with E-state index in [0.717, 1.165) is 0 Å². The van der Waals surface area contributed by atoms with Gasteiger partial charge in [0.05, 0.1) is 5.25 Å². The van der Waals surface area contributed by atoms with Gasteiger partial charge in [0.1, 0.15) is 0 Å². The zero-order chi connectivity index (χ0) is 8.15. The molecule has 0 spiro atoms. The first kappa shape index (κ1) is 9.62. The summed E-state index contributed by atoms with van der Waals surface area (Å²) in [6, 6.07) is 0. The summed E-state index contributed by atoms with van der Waals surface area (Å²) in [5.74, 6) is 0.290. The van der Waals surface area contributed by atoms with Crippen molar-refractivity contribution in [3.63, 3.8) is 0 Å². The molecule has 0 bridgehead atoms. The Hall–Kier alpha value is -0.380. The summed E-state index contributed by atoms with van der Waals surface area (Å²) < 4.78 is 0. The molecule has 1 atom stereocenters. The molecule has 4 heteroatoms. The van der Waals surface area contributed by atoms with Crippen LogP contribution in [-0.4, -0.2) is 21.5 Å². The molecular formula is C6H14N2OS. The summed E-state index contributed by atoms with van der Waals surface area (Å²) in [6.45, 7) is 6.07. The second-order valence-corrected chi connectivity index (χ2v) is 4.27. The van der Waals surface area contributed by atoms with Gasteiger partial charge < -0.3 is 10.9 Å². The summed E-state index contributed by atoms with van der Waals surface area (Å²) in [5, 5.41) is 11.8. The van der Waals surface area contributed by atoms with Gasteiger partial charge in [-0.2, -0.15) is 0 Å². The average molecular weight is 162 g/mol. The molecule has 0 aliphatic rings.